The summed E-state index contributed by atoms with van der Waals surface area (Å²) in [6.07, 6.45) is 2.03. The van der Waals surface area contributed by atoms with Crippen LogP contribution >= 0.6 is 0 Å². The molecule has 104 valence electrons. The summed E-state index contributed by atoms with van der Waals surface area (Å²) in [6, 6.07) is 10.0. The zero-order valence-corrected chi connectivity index (χ0v) is 11.3. The van der Waals surface area contributed by atoms with Crippen molar-refractivity contribution in [1.82, 2.24) is 4.90 Å². The number of nitrogens with zero attached hydrogens (tertiary/aromatic N) is 1. The standard InChI is InChI=1S/C15H21NO3/c1-19-15(18)14-10-13(17)11-16(14)9-5-8-12-6-3-2-4-7-12/h2-4,6-7,13-14,17H,5,8-11H2,1H3. The minimum absolute atomic E-state index is 0.240. The minimum Gasteiger partial charge on any atom is -0.468 e. The molecule has 1 aromatic rings. The van der Waals surface area contributed by atoms with Crippen LogP contribution in [0.15, 0.2) is 30.3 Å². The van der Waals surface area contributed by atoms with E-state index in [0.717, 1.165) is 19.4 Å². The number of hydrogen-bond donors (Lipinski definition) is 1. The first-order valence-electron chi connectivity index (χ1n) is 6.74. The molecule has 2 rings (SSSR count). The Morgan fingerprint density at radius 1 is 1.42 bits per heavy atom. The first-order chi connectivity index (χ1) is 9.20. The van der Waals surface area contributed by atoms with Crippen LogP contribution < -0.4 is 0 Å². The van der Waals surface area contributed by atoms with Crippen molar-refractivity contribution in [3.05, 3.63) is 35.9 Å². The maximum Gasteiger partial charge on any atom is 0.323 e. The third-order valence-corrected chi connectivity index (χ3v) is 3.61. The number of aryl methyl sites for hydroxylation is 1. The van der Waals surface area contributed by atoms with Gasteiger partial charge in [0.2, 0.25) is 0 Å². The number of hydrogen-bond acceptors (Lipinski definition) is 4. The van der Waals surface area contributed by atoms with Crippen LogP contribution in [0, 0.1) is 0 Å². The largest absolute Gasteiger partial charge is 0.468 e. The van der Waals surface area contributed by atoms with E-state index in [1.807, 2.05) is 23.1 Å². The second-order valence-electron chi connectivity index (χ2n) is 5.01. The van der Waals surface area contributed by atoms with E-state index in [1.54, 1.807) is 0 Å². The molecular formula is C15H21NO3. The van der Waals surface area contributed by atoms with Gasteiger partial charge in [-0.05, 0) is 24.9 Å². The summed E-state index contributed by atoms with van der Waals surface area (Å²) in [6.45, 7) is 1.38. The minimum atomic E-state index is -0.416. The highest BCUT2D eigenvalue weighted by Crippen LogP contribution is 2.19. The number of aliphatic hydroxyl groups excluding tert-OH is 1. The Labute approximate surface area is 114 Å². The molecular weight excluding hydrogens is 242 g/mol. The Morgan fingerprint density at radius 3 is 2.84 bits per heavy atom. The fourth-order valence-electron chi connectivity index (χ4n) is 2.64. The number of carbonyl (C=O) groups is 1. The predicted octanol–water partition coefficient (Wildman–Crippen LogP) is 1.23. The Hall–Kier alpha value is -1.39. The molecule has 2 atom stereocenters. The van der Waals surface area contributed by atoms with Crippen LogP contribution in [0.2, 0.25) is 0 Å². The van der Waals surface area contributed by atoms with Gasteiger partial charge in [0, 0.05) is 13.0 Å². The average Bonchev–Trinajstić information content (AvgIpc) is 2.80. The SMILES string of the molecule is COC(=O)C1CC(O)CN1CCCc1ccccc1. The van der Waals surface area contributed by atoms with Gasteiger partial charge in [0.25, 0.3) is 0 Å². The number of esters is 1. The fraction of sp³-hybridized carbons (Fsp3) is 0.533. The van der Waals surface area contributed by atoms with Gasteiger partial charge in [-0.3, -0.25) is 9.69 Å². The van der Waals surface area contributed by atoms with Gasteiger partial charge in [-0.1, -0.05) is 30.3 Å². The summed E-state index contributed by atoms with van der Waals surface area (Å²) in [7, 11) is 1.40. The Morgan fingerprint density at radius 2 is 2.16 bits per heavy atom. The van der Waals surface area contributed by atoms with Gasteiger partial charge in [-0.25, -0.2) is 0 Å². The van der Waals surface area contributed by atoms with Crippen LogP contribution in [0.5, 0.6) is 0 Å². The van der Waals surface area contributed by atoms with Crippen molar-refractivity contribution in [2.75, 3.05) is 20.2 Å². The molecule has 0 saturated carbocycles. The smallest absolute Gasteiger partial charge is 0.323 e. The van der Waals surface area contributed by atoms with E-state index in [-0.39, 0.29) is 12.0 Å². The first kappa shape index (κ1) is 14.0. The lowest BCUT2D eigenvalue weighted by Gasteiger charge is -2.21. The van der Waals surface area contributed by atoms with E-state index in [2.05, 4.69) is 12.1 Å². The number of ether oxygens (including phenoxy) is 1. The quantitative estimate of drug-likeness (QED) is 0.812. The summed E-state index contributed by atoms with van der Waals surface area (Å²) in [5.41, 5.74) is 1.30. The average molecular weight is 263 g/mol. The van der Waals surface area contributed by atoms with Gasteiger partial charge in [-0.15, -0.1) is 0 Å². The number of aliphatic hydroxyl groups is 1. The van der Waals surface area contributed by atoms with Crippen LogP contribution in [0.25, 0.3) is 0 Å². The summed E-state index contributed by atoms with van der Waals surface area (Å²) in [4.78, 5) is 13.7. The second-order valence-corrected chi connectivity index (χ2v) is 5.01. The third kappa shape index (κ3) is 3.78. The second kappa shape index (κ2) is 6.68. The Balaban J connectivity index is 1.82. The van der Waals surface area contributed by atoms with Crippen LogP contribution in [-0.4, -0.2) is 48.3 Å². The lowest BCUT2D eigenvalue weighted by molar-refractivity contribution is -0.145. The Bertz CT molecular complexity index is 407. The molecule has 0 radical (unpaired) electrons. The third-order valence-electron chi connectivity index (χ3n) is 3.61. The number of benzene rings is 1. The van der Waals surface area contributed by atoms with Crippen molar-refractivity contribution < 1.29 is 14.6 Å². The van der Waals surface area contributed by atoms with E-state index in [1.165, 1.54) is 12.7 Å². The molecule has 0 aliphatic carbocycles. The molecule has 1 heterocycles. The van der Waals surface area contributed by atoms with E-state index < -0.39 is 6.10 Å². The summed E-state index contributed by atoms with van der Waals surface area (Å²) >= 11 is 0. The highest BCUT2D eigenvalue weighted by molar-refractivity contribution is 5.76. The van der Waals surface area contributed by atoms with E-state index >= 15 is 0 Å². The number of likely N-dealkylation sites (tertiary alicyclic amines) is 1. The molecule has 1 aliphatic heterocycles. The van der Waals surface area contributed by atoms with Crippen molar-refractivity contribution >= 4 is 5.97 Å². The van der Waals surface area contributed by atoms with Crippen molar-refractivity contribution in [1.29, 1.82) is 0 Å². The molecule has 1 fully saturated rings. The van der Waals surface area contributed by atoms with Gasteiger partial charge < -0.3 is 9.84 Å². The molecule has 4 nitrogen and oxygen atoms in total. The van der Waals surface area contributed by atoms with Crippen LogP contribution in [0.3, 0.4) is 0 Å². The molecule has 0 bridgehead atoms. The lowest BCUT2D eigenvalue weighted by Crippen LogP contribution is -2.37. The van der Waals surface area contributed by atoms with Crippen molar-refractivity contribution in [3.63, 3.8) is 0 Å². The normalized spacial score (nSPS) is 23.5. The number of β-amino-alcohol motifs (C(OH)–C–C–N with tert-alkyl or cyclic N) is 1. The zero-order chi connectivity index (χ0) is 13.7. The van der Waals surface area contributed by atoms with Gasteiger partial charge in [0.15, 0.2) is 0 Å². The Kier molecular flexibility index (Phi) is 4.93. The molecule has 0 spiro atoms. The highest BCUT2D eigenvalue weighted by atomic mass is 16.5. The molecule has 19 heavy (non-hydrogen) atoms. The van der Waals surface area contributed by atoms with Crippen molar-refractivity contribution in [2.24, 2.45) is 0 Å². The molecule has 1 aliphatic rings. The maximum absolute atomic E-state index is 11.6. The monoisotopic (exact) mass is 263 g/mol. The van der Waals surface area contributed by atoms with Gasteiger partial charge in [-0.2, -0.15) is 0 Å². The zero-order valence-electron chi connectivity index (χ0n) is 11.3. The van der Waals surface area contributed by atoms with Gasteiger partial charge >= 0.3 is 5.97 Å². The lowest BCUT2D eigenvalue weighted by atomic mass is 10.1. The number of carbonyl (C=O) groups excluding carboxylic acids is 1. The summed E-state index contributed by atoms with van der Waals surface area (Å²) in [5, 5.41) is 9.68. The topological polar surface area (TPSA) is 49.8 Å². The predicted molar refractivity (Wildman–Crippen MR) is 72.8 cm³/mol. The van der Waals surface area contributed by atoms with Crippen LogP contribution in [-0.2, 0) is 16.0 Å². The van der Waals surface area contributed by atoms with E-state index in [9.17, 15) is 9.90 Å². The molecule has 0 amide bonds. The molecule has 0 aromatic heterocycles. The van der Waals surface area contributed by atoms with E-state index in [0.29, 0.717) is 13.0 Å². The first-order valence-corrected chi connectivity index (χ1v) is 6.74. The molecule has 1 N–H and O–H groups in total. The number of rotatable bonds is 5. The molecule has 4 heteroatoms. The number of methoxy groups -OCH3 is 1. The van der Waals surface area contributed by atoms with E-state index in [4.69, 9.17) is 4.74 Å². The van der Waals surface area contributed by atoms with Gasteiger partial charge in [0.05, 0.1) is 13.2 Å². The van der Waals surface area contributed by atoms with Crippen LogP contribution in [0.4, 0.5) is 0 Å². The van der Waals surface area contributed by atoms with Gasteiger partial charge in [0.1, 0.15) is 6.04 Å². The van der Waals surface area contributed by atoms with Crippen molar-refractivity contribution in [2.45, 2.75) is 31.4 Å². The summed E-state index contributed by atoms with van der Waals surface area (Å²) in [5.74, 6) is -0.240. The summed E-state index contributed by atoms with van der Waals surface area (Å²) < 4.78 is 4.79. The molecule has 1 saturated heterocycles. The highest BCUT2D eigenvalue weighted by Gasteiger charge is 2.36. The maximum atomic E-state index is 11.6. The molecule has 1 aromatic carbocycles. The van der Waals surface area contributed by atoms with Crippen molar-refractivity contribution in [3.8, 4) is 0 Å². The van der Waals surface area contributed by atoms with Crippen LogP contribution in [0.1, 0.15) is 18.4 Å². The molecule has 2 unspecified atom stereocenters. The fourth-order valence-corrected chi connectivity index (χ4v) is 2.64.